The summed E-state index contributed by atoms with van der Waals surface area (Å²) in [7, 11) is 2.03. The minimum absolute atomic E-state index is 0.0994. The predicted molar refractivity (Wildman–Crippen MR) is 119 cm³/mol. The van der Waals surface area contributed by atoms with E-state index in [0.29, 0.717) is 5.75 Å². The zero-order valence-electron chi connectivity index (χ0n) is 15.8. The first-order valence-electron chi connectivity index (χ1n) is 9.05. The number of carbonyl (C=O) groups is 1. The van der Waals surface area contributed by atoms with Crippen molar-refractivity contribution < 1.29 is 4.79 Å². The average Bonchev–Trinajstić information content (AvgIpc) is 2.75. The van der Waals surface area contributed by atoms with Crippen molar-refractivity contribution in [3.63, 3.8) is 0 Å². The first-order valence-corrected chi connectivity index (χ1v) is 10.2. The highest BCUT2D eigenvalue weighted by atomic mass is 32.2. The fraction of sp³-hybridized carbons (Fsp3) is 0.130. The first-order chi connectivity index (χ1) is 13.7. The molecule has 0 radical (unpaired) electrons. The molecule has 0 spiro atoms. The van der Waals surface area contributed by atoms with Gasteiger partial charge in [0, 0.05) is 24.2 Å². The monoisotopic (exact) mass is 389 g/mol. The second-order valence-corrected chi connectivity index (χ2v) is 7.24. The number of hydrazone groups is 1. The van der Waals surface area contributed by atoms with Crippen molar-refractivity contribution in [1.29, 1.82) is 0 Å². The maximum absolute atomic E-state index is 11.9. The Labute approximate surface area is 170 Å². The lowest BCUT2D eigenvalue weighted by molar-refractivity contribution is -0.118. The number of amides is 1. The molecule has 0 fully saturated rings. The van der Waals surface area contributed by atoms with E-state index in [1.165, 1.54) is 5.56 Å². The van der Waals surface area contributed by atoms with Crippen LogP contribution in [0, 0.1) is 0 Å². The van der Waals surface area contributed by atoms with E-state index in [1.807, 2.05) is 67.7 Å². The van der Waals surface area contributed by atoms with Crippen LogP contribution in [0.25, 0.3) is 0 Å². The Kier molecular flexibility index (Phi) is 7.27. The number of benzene rings is 3. The normalized spacial score (nSPS) is 10.8. The van der Waals surface area contributed by atoms with E-state index in [2.05, 4.69) is 39.7 Å². The van der Waals surface area contributed by atoms with Crippen molar-refractivity contribution in [2.45, 2.75) is 5.75 Å². The molecule has 3 rings (SSSR count). The van der Waals surface area contributed by atoms with Gasteiger partial charge in [-0.05, 0) is 35.4 Å². The number of thioether (sulfide) groups is 1. The Balaban J connectivity index is 1.44. The molecule has 0 bridgehead atoms. The summed E-state index contributed by atoms with van der Waals surface area (Å²) in [5, 5.41) is 4.05. The largest absolute Gasteiger partial charge is 0.345 e. The number of nitrogens with one attached hydrogen (secondary N) is 1. The third-order valence-corrected chi connectivity index (χ3v) is 5.18. The molecule has 3 aromatic rings. The molecule has 4 nitrogen and oxygen atoms in total. The molecule has 0 aromatic heterocycles. The van der Waals surface area contributed by atoms with E-state index >= 15 is 0 Å². The molecule has 0 aliphatic carbocycles. The number of rotatable bonds is 8. The minimum Gasteiger partial charge on any atom is -0.345 e. The number of para-hydroxylation sites is 1. The second kappa shape index (κ2) is 10.3. The molecule has 1 amide bonds. The quantitative estimate of drug-likeness (QED) is 0.443. The fourth-order valence-corrected chi connectivity index (χ4v) is 3.41. The van der Waals surface area contributed by atoms with E-state index in [-0.39, 0.29) is 5.91 Å². The van der Waals surface area contributed by atoms with Gasteiger partial charge in [-0.25, -0.2) is 5.43 Å². The highest BCUT2D eigenvalue weighted by Gasteiger charge is 2.03. The third kappa shape index (κ3) is 5.99. The van der Waals surface area contributed by atoms with E-state index in [1.54, 1.807) is 18.0 Å². The van der Waals surface area contributed by atoms with Crippen LogP contribution < -0.4 is 10.3 Å². The second-order valence-electron chi connectivity index (χ2n) is 6.26. The summed E-state index contributed by atoms with van der Waals surface area (Å²) >= 11 is 1.57. The van der Waals surface area contributed by atoms with Crippen LogP contribution in [0.5, 0.6) is 0 Å². The van der Waals surface area contributed by atoms with Crippen LogP contribution in [0.2, 0.25) is 0 Å². The minimum atomic E-state index is -0.0994. The van der Waals surface area contributed by atoms with Gasteiger partial charge in [-0.15, -0.1) is 11.8 Å². The van der Waals surface area contributed by atoms with Gasteiger partial charge in [0.1, 0.15) is 0 Å². The summed E-state index contributed by atoms with van der Waals surface area (Å²) in [6.45, 7) is 0. The number of anilines is 2. The summed E-state index contributed by atoms with van der Waals surface area (Å²) in [5.74, 6) is 1.10. The third-order valence-electron chi connectivity index (χ3n) is 4.17. The van der Waals surface area contributed by atoms with Crippen LogP contribution in [0.1, 0.15) is 11.1 Å². The highest BCUT2D eigenvalue weighted by molar-refractivity contribution is 7.99. The zero-order valence-corrected chi connectivity index (χ0v) is 16.6. The maximum atomic E-state index is 11.9. The van der Waals surface area contributed by atoms with Gasteiger partial charge in [-0.1, -0.05) is 60.7 Å². The van der Waals surface area contributed by atoms with Gasteiger partial charge in [-0.2, -0.15) is 5.10 Å². The highest BCUT2D eigenvalue weighted by Crippen LogP contribution is 2.22. The molecule has 0 unspecified atom stereocenters. The lowest BCUT2D eigenvalue weighted by Gasteiger charge is -2.19. The molecule has 5 heteroatoms. The summed E-state index contributed by atoms with van der Waals surface area (Å²) in [6, 6.07) is 28.3. The molecule has 142 valence electrons. The molecule has 3 aromatic carbocycles. The Morgan fingerprint density at radius 2 is 1.54 bits per heavy atom. The summed E-state index contributed by atoms with van der Waals surface area (Å²) in [6.07, 6.45) is 1.66. The summed E-state index contributed by atoms with van der Waals surface area (Å²) < 4.78 is 0. The Morgan fingerprint density at radius 1 is 0.929 bits per heavy atom. The SMILES string of the molecule is CN(c1ccccc1)c1ccc(/C=N\NC(=O)CSCc2ccccc2)cc1. The number of hydrogen-bond acceptors (Lipinski definition) is 4. The fourth-order valence-electron chi connectivity index (χ4n) is 2.63. The molecular formula is C23H23N3OS. The predicted octanol–water partition coefficient (Wildman–Crippen LogP) is 4.84. The van der Waals surface area contributed by atoms with Crippen molar-refractivity contribution in [2.24, 2.45) is 5.10 Å². The Hall–Kier alpha value is -3.05. The lowest BCUT2D eigenvalue weighted by atomic mass is 10.2. The molecule has 1 N–H and O–H groups in total. The van der Waals surface area contributed by atoms with E-state index < -0.39 is 0 Å². The summed E-state index contributed by atoms with van der Waals surface area (Å²) in [4.78, 5) is 14.0. The van der Waals surface area contributed by atoms with Gasteiger partial charge < -0.3 is 4.90 Å². The topological polar surface area (TPSA) is 44.7 Å². The van der Waals surface area contributed by atoms with E-state index in [9.17, 15) is 4.79 Å². The van der Waals surface area contributed by atoms with Gasteiger partial charge in [0.15, 0.2) is 0 Å². The number of nitrogens with zero attached hydrogens (tertiary/aromatic N) is 2. The molecule has 0 atom stereocenters. The average molecular weight is 390 g/mol. The van der Waals surface area contributed by atoms with Crippen molar-refractivity contribution >= 4 is 35.3 Å². The lowest BCUT2D eigenvalue weighted by Crippen LogP contribution is -2.19. The first kappa shape index (κ1) is 19.7. The molecule has 0 aliphatic heterocycles. The number of carbonyl (C=O) groups excluding carboxylic acids is 1. The zero-order chi connectivity index (χ0) is 19.6. The standard InChI is InChI=1S/C23H23N3OS/c1-26(21-10-6-3-7-11-21)22-14-12-19(13-15-22)16-24-25-23(27)18-28-17-20-8-4-2-5-9-20/h2-16H,17-18H2,1H3,(H,25,27)/b24-16-. The van der Waals surface area contributed by atoms with Crippen molar-refractivity contribution in [1.82, 2.24) is 5.43 Å². The van der Waals surface area contributed by atoms with Crippen LogP contribution in [-0.2, 0) is 10.5 Å². The molecule has 0 heterocycles. The molecule has 0 saturated carbocycles. The van der Waals surface area contributed by atoms with Gasteiger partial charge >= 0.3 is 0 Å². The smallest absolute Gasteiger partial charge is 0.250 e. The van der Waals surface area contributed by atoms with Gasteiger partial charge in [0.05, 0.1) is 12.0 Å². The van der Waals surface area contributed by atoms with Crippen LogP contribution in [0.3, 0.4) is 0 Å². The van der Waals surface area contributed by atoms with Crippen molar-refractivity contribution in [3.05, 3.63) is 96.1 Å². The van der Waals surface area contributed by atoms with Crippen LogP contribution in [-0.4, -0.2) is 24.9 Å². The molecule has 28 heavy (non-hydrogen) atoms. The van der Waals surface area contributed by atoms with Crippen molar-refractivity contribution in [3.8, 4) is 0 Å². The van der Waals surface area contributed by atoms with E-state index in [4.69, 9.17) is 0 Å². The number of hydrogen-bond donors (Lipinski definition) is 1. The molecular weight excluding hydrogens is 366 g/mol. The van der Waals surface area contributed by atoms with Gasteiger partial charge in [-0.3, -0.25) is 4.79 Å². The molecule has 0 saturated heterocycles. The van der Waals surface area contributed by atoms with Crippen molar-refractivity contribution in [2.75, 3.05) is 17.7 Å². The maximum Gasteiger partial charge on any atom is 0.250 e. The van der Waals surface area contributed by atoms with Gasteiger partial charge in [0.2, 0.25) is 5.91 Å². The summed E-state index contributed by atoms with van der Waals surface area (Å²) in [5.41, 5.74) is 6.94. The Morgan fingerprint density at radius 3 is 2.21 bits per heavy atom. The van der Waals surface area contributed by atoms with E-state index in [0.717, 1.165) is 22.7 Å². The van der Waals surface area contributed by atoms with Crippen LogP contribution in [0.4, 0.5) is 11.4 Å². The Bertz CT molecular complexity index is 896. The van der Waals surface area contributed by atoms with Crippen LogP contribution in [0.15, 0.2) is 90.0 Å². The van der Waals surface area contributed by atoms with Crippen LogP contribution >= 0.6 is 11.8 Å². The van der Waals surface area contributed by atoms with Gasteiger partial charge in [0.25, 0.3) is 0 Å². The molecule has 0 aliphatic rings.